The molecule has 2 aromatic rings. The molecule has 0 saturated heterocycles. The van der Waals surface area contributed by atoms with E-state index in [1.807, 2.05) is 48.5 Å². The summed E-state index contributed by atoms with van der Waals surface area (Å²) in [4.78, 5) is 12.5. The minimum absolute atomic E-state index is 0.131. The number of rotatable bonds is 10. The minimum atomic E-state index is -0.915. The third kappa shape index (κ3) is 6.56. The Morgan fingerprint density at radius 3 is 2.50 bits per heavy atom. The summed E-state index contributed by atoms with van der Waals surface area (Å²) >= 11 is 0. The summed E-state index contributed by atoms with van der Waals surface area (Å²) < 4.78 is 10.3. The molecule has 2 aromatic carbocycles. The van der Waals surface area contributed by atoms with Crippen LogP contribution in [0.3, 0.4) is 0 Å². The van der Waals surface area contributed by atoms with Gasteiger partial charge in [-0.15, -0.1) is 5.11 Å². The first kappa shape index (κ1) is 20.0. The van der Waals surface area contributed by atoms with Crippen LogP contribution in [0.1, 0.15) is 56.3 Å². The van der Waals surface area contributed by atoms with E-state index in [0.29, 0.717) is 11.3 Å². The number of benzene rings is 2. The molecule has 0 aromatic heterocycles. The van der Waals surface area contributed by atoms with Gasteiger partial charge in [-0.1, -0.05) is 69.2 Å². The number of para-hydroxylation sites is 1. The van der Waals surface area contributed by atoms with E-state index in [1.165, 1.54) is 12.8 Å². The van der Waals surface area contributed by atoms with Crippen LogP contribution >= 0.6 is 0 Å². The summed E-state index contributed by atoms with van der Waals surface area (Å²) in [5.74, 6) is 0.286. The van der Waals surface area contributed by atoms with Gasteiger partial charge in [0.15, 0.2) is 0 Å². The minimum Gasteiger partial charge on any atom is -0.490 e. The van der Waals surface area contributed by atoms with E-state index in [-0.39, 0.29) is 12.0 Å². The molecule has 4 nitrogen and oxygen atoms in total. The molecule has 1 unspecified atom stereocenters. The maximum absolute atomic E-state index is 12.5. The Balaban J connectivity index is 2.01. The molecule has 5 heteroatoms. The topological polar surface area (TPSA) is 51.0 Å². The zero-order valence-electron chi connectivity index (χ0n) is 15.7. The van der Waals surface area contributed by atoms with Gasteiger partial charge in [-0.2, -0.15) is 0 Å². The highest BCUT2D eigenvalue weighted by Crippen LogP contribution is 2.23. The molecule has 0 spiro atoms. The van der Waals surface area contributed by atoms with Gasteiger partial charge < -0.3 is 4.74 Å². The Labute approximate surface area is 158 Å². The zero-order valence-corrected chi connectivity index (χ0v) is 17.1. The molecule has 0 fully saturated rings. The Hall–Kier alpha value is -2.27. The summed E-state index contributed by atoms with van der Waals surface area (Å²) in [5, 5.41) is 5.09. The molecule has 0 saturated carbocycles. The molecule has 0 radical (unpaired) electrons. The quantitative estimate of drug-likeness (QED) is 0.354. The SMILES string of the molecule is CCCCCC(CC)Oc1ccccc1C(=O)N=N[SiH2]c1ccccc1. The predicted octanol–water partition coefficient (Wildman–Crippen LogP) is 4.43. The van der Waals surface area contributed by atoms with E-state index < -0.39 is 9.68 Å². The highest BCUT2D eigenvalue weighted by Gasteiger charge is 2.15. The Morgan fingerprint density at radius 1 is 1.04 bits per heavy atom. The number of hydrogen-bond donors (Lipinski definition) is 0. The van der Waals surface area contributed by atoms with Gasteiger partial charge in [-0.3, -0.25) is 4.79 Å². The van der Waals surface area contributed by atoms with Crippen molar-refractivity contribution in [3.8, 4) is 5.75 Å². The number of carbonyl (C=O) groups excluding carboxylic acids is 1. The van der Waals surface area contributed by atoms with Crippen LogP contribution in [0, 0.1) is 0 Å². The Morgan fingerprint density at radius 2 is 1.77 bits per heavy atom. The van der Waals surface area contributed by atoms with Crippen molar-refractivity contribution in [1.29, 1.82) is 0 Å². The Kier molecular flexibility index (Phi) is 8.76. The second-order valence-corrected chi connectivity index (χ2v) is 7.75. The lowest BCUT2D eigenvalue weighted by Gasteiger charge is -2.18. The standard InChI is InChI=1S/C21H28N2O2Si/c1-3-5-7-12-17(4-2)25-20-16-11-10-15-19(20)21(24)22-23-26-18-13-8-6-9-14-18/h6,8-11,13-17H,3-5,7,12,26H2,1-2H3. The van der Waals surface area contributed by atoms with Crippen molar-refractivity contribution in [1.82, 2.24) is 0 Å². The lowest BCUT2D eigenvalue weighted by atomic mass is 10.1. The van der Waals surface area contributed by atoms with E-state index in [0.717, 1.165) is 24.4 Å². The molecule has 0 aliphatic carbocycles. The molecule has 2 rings (SSSR count). The van der Waals surface area contributed by atoms with Crippen LogP contribution in [0.4, 0.5) is 0 Å². The number of hydrogen-bond acceptors (Lipinski definition) is 3. The van der Waals surface area contributed by atoms with Crippen molar-refractivity contribution < 1.29 is 9.53 Å². The van der Waals surface area contributed by atoms with E-state index in [9.17, 15) is 4.79 Å². The lowest BCUT2D eigenvalue weighted by Crippen LogP contribution is -2.17. The van der Waals surface area contributed by atoms with Crippen LogP contribution in [0.15, 0.2) is 64.5 Å². The van der Waals surface area contributed by atoms with Crippen molar-refractivity contribution in [2.45, 2.75) is 52.1 Å². The summed E-state index contributed by atoms with van der Waals surface area (Å²) in [6.45, 7) is 4.31. The Bertz CT molecular complexity index is 704. The number of carbonyl (C=O) groups is 1. The molecule has 138 valence electrons. The molecule has 1 atom stereocenters. The summed E-state index contributed by atoms with van der Waals surface area (Å²) in [6.07, 6.45) is 5.61. The van der Waals surface area contributed by atoms with E-state index in [1.54, 1.807) is 6.07 Å². The third-order valence-electron chi connectivity index (χ3n) is 4.25. The molecule has 0 bridgehead atoms. The zero-order chi connectivity index (χ0) is 18.6. The van der Waals surface area contributed by atoms with Crippen molar-refractivity contribution >= 4 is 20.8 Å². The van der Waals surface area contributed by atoms with Gasteiger partial charge in [0, 0.05) is 0 Å². The average Bonchev–Trinajstić information content (AvgIpc) is 2.68. The molecule has 1 amide bonds. The number of unbranched alkanes of at least 4 members (excludes halogenated alkanes) is 2. The van der Waals surface area contributed by atoms with Crippen molar-refractivity contribution in [3.63, 3.8) is 0 Å². The fourth-order valence-electron chi connectivity index (χ4n) is 2.71. The average molecular weight is 369 g/mol. The van der Waals surface area contributed by atoms with E-state index in [2.05, 4.69) is 23.7 Å². The maximum atomic E-state index is 12.5. The predicted molar refractivity (Wildman–Crippen MR) is 109 cm³/mol. The molecule has 0 aliphatic rings. The first-order valence-corrected chi connectivity index (χ1v) is 10.8. The van der Waals surface area contributed by atoms with Gasteiger partial charge in [0.25, 0.3) is 5.91 Å². The van der Waals surface area contributed by atoms with Crippen LogP contribution in [0.5, 0.6) is 5.75 Å². The number of nitrogens with zero attached hydrogens (tertiary/aromatic N) is 2. The lowest BCUT2D eigenvalue weighted by molar-refractivity contribution is 0.0986. The largest absolute Gasteiger partial charge is 0.490 e. The van der Waals surface area contributed by atoms with Gasteiger partial charge in [0.05, 0.1) is 11.7 Å². The van der Waals surface area contributed by atoms with Gasteiger partial charge in [-0.05, 0) is 36.6 Å². The highest BCUT2D eigenvalue weighted by atomic mass is 28.2. The van der Waals surface area contributed by atoms with Crippen LogP contribution in [0.25, 0.3) is 0 Å². The highest BCUT2D eigenvalue weighted by molar-refractivity contribution is 6.51. The maximum Gasteiger partial charge on any atom is 0.297 e. The monoisotopic (exact) mass is 368 g/mol. The summed E-state index contributed by atoms with van der Waals surface area (Å²) in [7, 11) is -0.915. The normalized spacial score (nSPS) is 12.7. The number of ether oxygens (including phenoxy) is 1. The van der Waals surface area contributed by atoms with Crippen LogP contribution in [-0.2, 0) is 0 Å². The van der Waals surface area contributed by atoms with Gasteiger partial charge in [-0.25, -0.2) is 4.78 Å². The fraction of sp³-hybridized carbons (Fsp3) is 0.381. The van der Waals surface area contributed by atoms with E-state index >= 15 is 0 Å². The van der Waals surface area contributed by atoms with Crippen molar-refractivity contribution in [3.05, 3.63) is 60.2 Å². The molecule has 0 N–H and O–H groups in total. The molecular formula is C21H28N2O2Si. The van der Waals surface area contributed by atoms with E-state index in [4.69, 9.17) is 4.74 Å². The molecular weight excluding hydrogens is 340 g/mol. The van der Waals surface area contributed by atoms with Gasteiger partial charge in [0.1, 0.15) is 5.75 Å². The van der Waals surface area contributed by atoms with Crippen LogP contribution in [0.2, 0.25) is 0 Å². The van der Waals surface area contributed by atoms with Crippen LogP contribution < -0.4 is 9.92 Å². The second kappa shape index (κ2) is 11.4. The second-order valence-electron chi connectivity index (χ2n) is 6.33. The van der Waals surface area contributed by atoms with Crippen LogP contribution in [-0.4, -0.2) is 21.7 Å². The summed E-state index contributed by atoms with van der Waals surface area (Å²) in [5.41, 5.74) is 0.493. The van der Waals surface area contributed by atoms with Gasteiger partial charge >= 0.3 is 0 Å². The first-order chi connectivity index (χ1) is 12.7. The smallest absolute Gasteiger partial charge is 0.297 e. The molecule has 0 heterocycles. The fourth-order valence-corrected chi connectivity index (χ4v) is 3.56. The van der Waals surface area contributed by atoms with Crippen molar-refractivity contribution in [2.24, 2.45) is 9.89 Å². The molecule has 26 heavy (non-hydrogen) atoms. The van der Waals surface area contributed by atoms with Gasteiger partial charge in [0.2, 0.25) is 9.68 Å². The third-order valence-corrected chi connectivity index (χ3v) is 5.37. The summed E-state index contributed by atoms with van der Waals surface area (Å²) in [6, 6.07) is 17.3. The number of amides is 1. The first-order valence-electron chi connectivity index (χ1n) is 9.46. The molecule has 0 aliphatic heterocycles. The van der Waals surface area contributed by atoms with Crippen molar-refractivity contribution in [2.75, 3.05) is 0 Å².